The molecule has 0 bridgehead atoms. The lowest BCUT2D eigenvalue weighted by Crippen LogP contribution is -2.33. The SMILES string of the molecule is c1ccc(C2=NC(c3cccc4c3oc3cc(-c5cccc6c5sc5ccccc56)ccc34)=NC(c3ccccc3)N2)cc1. The standard InChI is InChI=1S/C39H25N3OS/c1-3-11-24(12-4-1)37-40-38(25-13-5-2-6-14-25)42-39(41-37)32-19-10-17-30-28-22-21-26(23-33(28)43-35(30)32)27-16-9-18-31-29-15-7-8-20-34(29)44-36(27)31/h1-23,37H,(H,40,41,42). The van der Waals surface area contributed by atoms with Crippen molar-refractivity contribution in [3.63, 3.8) is 0 Å². The fourth-order valence-electron chi connectivity index (χ4n) is 6.23. The van der Waals surface area contributed by atoms with Gasteiger partial charge in [-0.1, -0.05) is 115 Å². The predicted molar refractivity (Wildman–Crippen MR) is 184 cm³/mol. The highest BCUT2D eigenvalue weighted by atomic mass is 32.1. The van der Waals surface area contributed by atoms with Crippen LogP contribution in [0.1, 0.15) is 22.9 Å². The topological polar surface area (TPSA) is 49.9 Å². The van der Waals surface area contributed by atoms with Crippen LogP contribution in [0.5, 0.6) is 0 Å². The lowest BCUT2D eigenvalue weighted by molar-refractivity contribution is 0.663. The van der Waals surface area contributed by atoms with Crippen LogP contribution in [0, 0.1) is 0 Å². The van der Waals surface area contributed by atoms with Gasteiger partial charge >= 0.3 is 0 Å². The zero-order chi connectivity index (χ0) is 29.0. The Bertz CT molecular complexity index is 2420. The van der Waals surface area contributed by atoms with E-state index in [-0.39, 0.29) is 6.17 Å². The molecule has 1 aliphatic heterocycles. The Kier molecular flexibility index (Phi) is 5.71. The minimum atomic E-state index is -0.271. The van der Waals surface area contributed by atoms with E-state index in [2.05, 4.69) is 108 Å². The Labute approximate surface area is 257 Å². The molecule has 5 heteroatoms. The van der Waals surface area contributed by atoms with Crippen LogP contribution in [0.15, 0.2) is 154 Å². The van der Waals surface area contributed by atoms with Crippen molar-refractivity contribution in [2.75, 3.05) is 0 Å². The first-order chi connectivity index (χ1) is 21.8. The Morgan fingerprint density at radius 2 is 1.32 bits per heavy atom. The number of hydrogen-bond donors (Lipinski definition) is 1. The van der Waals surface area contributed by atoms with E-state index in [1.54, 1.807) is 0 Å². The van der Waals surface area contributed by atoms with Gasteiger partial charge in [0.15, 0.2) is 5.84 Å². The highest BCUT2D eigenvalue weighted by Gasteiger charge is 2.23. The number of nitrogens with one attached hydrogen (secondary N) is 1. The largest absolute Gasteiger partial charge is 0.455 e. The Hall–Kier alpha value is -5.52. The van der Waals surface area contributed by atoms with E-state index in [4.69, 9.17) is 14.4 Å². The number of para-hydroxylation sites is 1. The molecule has 1 atom stereocenters. The molecule has 0 saturated heterocycles. The fourth-order valence-corrected chi connectivity index (χ4v) is 7.47. The van der Waals surface area contributed by atoms with Crippen molar-refractivity contribution in [3.8, 4) is 11.1 Å². The van der Waals surface area contributed by atoms with Crippen molar-refractivity contribution in [2.45, 2.75) is 6.17 Å². The van der Waals surface area contributed by atoms with Crippen LogP contribution in [-0.2, 0) is 0 Å². The zero-order valence-corrected chi connectivity index (χ0v) is 24.4. The predicted octanol–water partition coefficient (Wildman–Crippen LogP) is 10.1. The molecule has 1 unspecified atom stereocenters. The maximum absolute atomic E-state index is 6.68. The number of furan rings is 1. The maximum atomic E-state index is 6.68. The van der Waals surface area contributed by atoms with Crippen molar-refractivity contribution < 1.29 is 4.42 Å². The number of amidine groups is 2. The van der Waals surface area contributed by atoms with Crippen LogP contribution < -0.4 is 5.32 Å². The average molecular weight is 584 g/mol. The van der Waals surface area contributed by atoms with Crippen molar-refractivity contribution in [3.05, 3.63) is 156 Å². The molecule has 0 amide bonds. The molecule has 9 rings (SSSR count). The number of benzene rings is 6. The van der Waals surface area contributed by atoms with Crippen LogP contribution in [0.2, 0.25) is 0 Å². The third kappa shape index (κ3) is 4.05. The van der Waals surface area contributed by atoms with Crippen molar-refractivity contribution in [2.24, 2.45) is 9.98 Å². The molecule has 0 spiro atoms. The van der Waals surface area contributed by atoms with Crippen LogP contribution in [0.4, 0.5) is 0 Å². The molecule has 0 saturated carbocycles. The van der Waals surface area contributed by atoms with Crippen molar-refractivity contribution >= 4 is 65.1 Å². The Balaban J connectivity index is 1.20. The second-order valence-electron chi connectivity index (χ2n) is 11.0. The van der Waals surface area contributed by atoms with Gasteiger partial charge in [-0.15, -0.1) is 11.3 Å². The summed E-state index contributed by atoms with van der Waals surface area (Å²) in [5.41, 5.74) is 6.97. The van der Waals surface area contributed by atoms with E-state index in [9.17, 15) is 0 Å². The summed E-state index contributed by atoms with van der Waals surface area (Å²) >= 11 is 1.84. The Morgan fingerprint density at radius 1 is 0.591 bits per heavy atom. The lowest BCUT2D eigenvalue weighted by Gasteiger charge is -2.23. The number of thiophene rings is 1. The Morgan fingerprint density at radius 3 is 2.18 bits per heavy atom. The van der Waals surface area contributed by atoms with E-state index in [1.165, 1.54) is 25.7 Å². The van der Waals surface area contributed by atoms with E-state index in [1.807, 2.05) is 47.7 Å². The first-order valence-corrected chi connectivity index (χ1v) is 15.5. The number of hydrogen-bond acceptors (Lipinski definition) is 5. The smallest absolute Gasteiger partial charge is 0.163 e. The molecule has 8 aromatic rings. The second kappa shape index (κ2) is 10.0. The van der Waals surface area contributed by atoms with E-state index >= 15 is 0 Å². The summed E-state index contributed by atoms with van der Waals surface area (Å²) in [6.07, 6.45) is -0.271. The average Bonchev–Trinajstić information content (AvgIpc) is 3.67. The summed E-state index contributed by atoms with van der Waals surface area (Å²) in [7, 11) is 0. The highest BCUT2D eigenvalue weighted by Crippen LogP contribution is 2.41. The summed E-state index contributed by atoms with van der Waals surface area (Å²) < 4.78 is 9.28. The first-order valence-electron chi connectivity index (χ1n) is 14.7. The number of rotatable bonds is 4. The van der Waals surface area contributed by atoms with Crippen LogP contribution in [-0.4, -0.2) is 11.7 Å². The molecular formula is C39H25N3OS. The molecule has 0 aliphatic carbocycles. The summed E-state index contributed by atoms with van der Waals surface area (Å²) in [4.78, 5) is 10.1. The summed E-state index contributed by atoms with van der Waals surface area (Å²) in [5, 5.41) is 8.27. The number of fused-ring (bicyclic) bond motifs is 6. The molecule has 2 aromatic heterocycles. The van der Waals surface area contributed by atoms with E-state index in [0.717, 1.165) is 50.0 Å². The molecule has 6 aromatic carbocycles. The van der Waals surface area contributed by atoms with Gasteiger partial charge in [0.25, 0.3) is 0 Å². The third-order valence-corrected chi connectivity index (χ3v) is 9.58. The minimum absolute atomic E-state index is 0.271. The van der Waals surface area contributed by atoms with Gasteiger partial charge in [-0.05, 0) is 41.0 Å². The van der Waals surface area contributed by atoms with Gasteiger partial charge < -0.3 is 9.73 Å². The second-order valence-corrected chi connectivity index (χ2v) is 12.1. The molecule has 3 heterocycles. The van der Waals surface area contributed by atoms with Gasteiger partial charge in [0.05, 0.1) is 5.56 Å². The molecule has 1 aliphatic rings. The maximum Gasteiger partial charge on any atom is 0.163 e. The van der Waals surface area contributed by atoms with Gasteiger partial charge in [0.2, 0.25) is 0 Å². The number of aliphatic imine (C=N–C) groups is 2. The fraction of sp³-hybridized carbons (Fsp3) is 0.0256. The van der Waals surface area contributed by atoms with Crippen molar-refractivity contribution in [1.82, 2.24) is 5.32 Å². The summed E-state index contributed by atoms with van der Waals surface area (Å²) in [5.74, 6) is 1.44. The van der Waals surface area contributed by atoms with Crippen molar-refractivity contribution in [1.29, 1.82) is 0 Å². The molecule has 0 fully saturated rings. The van der Waals surface area contributed by atoms with E-state index in [0.29, 0.717) is 5.84 Å². The quantitative estimate of drug-likeness (QED) is 0.224. The monoisotopic (exact) mass is 583 g/mol. The summed E-state index contributed by atoms with van der Waals surface area (Å²) in [6, 6.07) is 48.5. The van der Waals surface area contributed by atoms with Crippen LogP contribution in [0.3, 0.4) is 0 Å². The molecule has 0 radical (unpaired) electrons. The zero-order valence-electron chi connectivity index (χ0n) is 23.6. The van der Waals surface area contributed by atoms with Crippen LogP contribution >= 0.6 is 11.3 Å². The van der Waals surface area contributed by atoms with Gasteiger partial charge in [-0.25, -0.2) is 9.98 Å². The lowest BCUT2D eigenvalue weighted by atomic mass is 10.0. The molecule has 1 N–H and O–H groups in total. The number of nitrogens with zero attached hydrogens (tertiary/aromatic N) is 2. The van der Waals surface area contributed by atoms with Gasteiger partial charge in [0.1, 0.15) is 23.2 Å². The first kappa shape index (κ1) is 25.0. The molecular weight excluding hydrogens is 559 g/mol. The normalized spacial score (nSPS) is 15.0. The molecule has 44 heavy (non-hydrogen) atoms. The minimum Gasteiger partial charge on any atom is -0.455 e. The van der Waals surface area contributed by atoms with Crippen LogP contribution in [0.25, 0.3) is 53.2 Å². The molecule has 208 valence electrons. The summed E-state index contributed by atoms with van der Waals surface area (Å²) in [6.45, 7) is 0. The molecule has 4 nitrogen and oxygen atoms in total. The third-order valence-electron chi connectivity index (χ3n) is 8.36. The van der Waals surface area contributed by atoms with E-state index < -0.39 is 0 Å². The highest BCUT2D eigenvalue weighted by molar-refractivity contribution is 7.26. The van der Waals surface area contributed by atoms with Gasteiger partial charge in [0, 0.05) is 36.5 Å². The van der Waals surface area contributed by atoms with Gasteiger partial charge in [-0.3, -0.25) is 0 Å². The van der Waals surface area contributed by atoms with Gasteiger partial charge in [-0.2, -0.15) is 0 Å².